The predicted molar refractivity (Wildman–Crippen MR) is 350 cm³/mol. The van der Waals surface area contributed by atoms with Gasteiger partial charge in [-0.3, -0.25) is 28.4 Å². The van der Waals surface area contributed by atoms with E-state index in [1.165, 1.54) is 31.1 Å². The van der Waals surface area contributed by atoms with Gasteiger partial charge in [0, 0.05) is 27.3 Å². The fourth-order valence-corrected chi connectivity index (χ4v) is 6.13. The largest absolute Gasteiger partial charge is 0.756 e. The van der Waals surface area contributed by atoms with Crippen LogP contribution < -0.4 is 41.6 Å². The van der Waals surface area contributed by atoms with Crippen molar-refractivity contribution in [3.05, 3.63) is 24.8 Å². The summed E-state index contributed by atoms with van der Waals surface area (Å²) in [6.45, 7) is 3.21. The second kappa shape index (κ2) is 57.0. The van der Waals surface area contributed by atoms with Crippen molar-refractivity contribution >= 4 is 120 Å². The van der Waals surface area contributed by atoms with Gasteiger partial charge in [-0.05, 0) is 41.1 Å². The lowest BCUT2D eigenvalue weighted by molar-refractivity contribution is -0.644. The number of imidazole rings is 2. The number of nitrogens with one attached hydrogen (secondary N) is 2. The van der Waals surface area contributed by atoms with Crippen LogP contribution in [-0.4, -0.2) is 234 Å². The third kappa shape index (κ3) is 44.0. The van der Waals surface area contributed by atoms with Crippen molar-refractivity contribution in [1.29, 1.82) is 5.16 Å². The Kier molecular flexibility index (Phi) is 59.6. The number of hydrogen-bond acceptors (Lipinski definition) is 41. The van der Waals surface area contributed by atoms with E-state index in [2.05, 4.69) is 103 Å². The molecule has 582 valence electrons. The van der Waals surface area contributed by atoms with Crippen LogP contribution in [0.3, 0.4) is 0 Å². The number of anilines is 2. The first-order chi connectivity index (χ1) is 48.2. The molecule has 55 heteroatoms. The maximum Gasteiger partial charge on any atom is 0.575 e. The zero-order valence-corrected chi connectivity index (χ0v) is 61.7. The number of halogens is 2. The van der Waals surface area contributed by atoms with Crippen LogP contribution in [0.4, 0.5) is 20.4 Å². The molecule has 45 nitrogen and oxygen atoms in total. The number of phosphoric acid groups is 1. The van der Waals surface area contributed by atoms with E-state index in [9.17, 15) is 48.3 Å². The Morgan fingerprint density at radius 1 is 0.817 bits per heavy atom. The first-order valence-corrected chi connectivity index (χ1v) is 36.8. The average molecular weight is 1640 g/mol. The molecule has 3 fully saturated rings. The lowest BCUT2D eigenvalue weighted by Gasteiger charge is -2.24. The number of terminal acetylenes is 6. The summed E-state index contributed by atoms with van der Waals surface area (Å²) in [5, 5.41) is 135. The fraction of sp³-hybridized carbons (Fsp3) is 0.490. The van der Waals surface area contributed by atoms with Crippen LogP contribution in [-0.2, 0) is 65.4 Å². The van der Waals surface area contributed by atoms with Gasteiger partial charge in [0.05, 0.1) is 51.8 Å². The van der Waals surface area contributed by atoms with Crippen molar-refractivity contribution in [2.24, 2.45) is 0 Å². The molecular formula is C49H71F2N11O34P8-2. The quantitative estimate of drug-likeness (QED) is 0.0112. The number of hydrogen-bond donors (Lipinski definition) is 17. The highest BCUT2D eigenvalue weighted by Crippen LogP contribution is 2.41. The van der Waals surface area contributed by atoms with Crippen molar-refractivity contribution < 1.29 is 176 Å². The summed E-state index contributed by atoms with van der Waals surface area (Å²) in [6, 6.07) is 0. The smallest absolute Gasteiger partial charge is 0.575 e. The van der Waals surface area contributed by atoms with Gasteiger partial charge in [0.15, 0.2) is 81.6 Å². The van der Waals surface area contributed by atoms with Crippen molar-refractivity contribution in [3.63, 3.8) is 0 Å². The Morgan fingerprint density at radius 3 is 1.54 bits per heavy atom. The van der Waals surface area contributed by atoms with E-state index in [0.717, 1.165) is 14.6 Å². The lowest BCUT2D eigenvalue weighted by Crippen LogP contribution is -2.41. The summed E-state index contributed by atoms with van der Waals surface area (Å²) in [7, 11) is -7.79. The molecule has 0 bridgehead atoms. The average Bonchev–Trinajstić information content (AvgIpc) is 1.61. The third-order valence-corrected chi connectivity index (χ3v) is 11.7. The highest BCUT2D eigenvalue weighted by atomic mass is 32.0. The minimum atomic E-state index is -4.96. The van der Waals surface area contributed by atoms with Crippen LogP contribution in [0.1, 0.15) is 46.3 Å². The van der Waals surface area contributed by atoms with Crippen LogP contribution in [0, 0.1) is 91.4 Å². The number of carbonyl (C=O) groups excluding carboxylic acids is 3. The number of fused-ring (bicyclic) bond motifs is 2. The number of nitrogens with zero attached hydrogens (tertiary/aromatic N) is 7. The molecule has 7 heterocycles. The van der Waals surface area contributed by atoms with Gasteiger partial charge >= 0.3 is 36.9 Å². The minimum absolute atomic E-state index is 0.0741. The van der Waals surface area contributed by atoms with Crippen LogP contribution in [0.15, 0.2) is 12.7 Å². The normalized spacial score (nSPS) is 22.6. The maximum absolute atomic E-state index is 13.3. The lowest BCUT2D eigenvalue weighted by atomic mass is 9.99. The van der Waals surface area contributed by atoms with Crippen LogP contribution >= 0.6 is 66.8 Å². The molecule has 0 aromatic carbocycles. The molecule has 18 atom stereocenters. The third-order valence-electron chi connectivity index (χ3n) is 10.8. The molecule has 21 N–H and O–H groups in total. The predicted octanol–water partition coefficient (Wildman–Crippen LogP) is -8.85. The number of nitrogens with two attached hydrogens (primary N) is 2. The zero-order chi connectivity index (χ0) is 82.6. The molecule has 4 aromatic heterocycles. The molecule has 0 radical (unpaired) electrons. The molecule has 3 saturated heterocycles. The zero-order valence-electron chi connectivity index (χ0n) is 53.9. The summed E-state index contributed by atoms with van der Waals surface area (Å²) in [6.07, 6.45) is 25.4. The highest BCUT2D eigenvalue weighted by Gasteiger charge is 2.49. The number of nitrogen functional groups attached to an aromatic ring is 2. The summed E-state index contributed by atoms with van der Waals surface area (Å²) >= 11 is 0. The standard InChI is InChI=1S/C12H12FN5O3.C7H11O7P.C7H10O3.C5H4FN5.C5H8O3.C5H6O3.C5H6O2.C2H4O.CH6P2.H3NP2.3HO4P/c1-2-12(4-19)6(20)3-7(21-12)18-5-15-8-9(14)16-11(13)17-10(8)18;1-2-7(4-8)5(9)3-6(13-7)14-15(10,11)12;1-3-7(2)5(8)4-6(9)10-7;6-5-10-3(7)2-4(11-5)9-1-8-2;2*1-2-5(8,3-6)4-7;1-3-5(2,7)4-6;1-2-3;2*1-3-2;3*1-4-5(2)3/h1,5-7,19-20H,3-4H2,(H2,14,16,17);1,5-6,8-9H,3-4H2,(H2,10,11,12);1,5-6,8-9H,4H2,2H3;1H,(H3,7,8,9,10,11);1,6-8H,3-4H2;1,3,7-8H,4H2;1,4,7H,2H3;2H,1H3;3H,2H2,1H3;1H,2H2;3*1H/p-2/t6-,7+,12+;5-,6+,7+;5-,6?,7-;;;2*5-;;;;;;/m000..00....../s1. The highest BCUT2D eigenvalue weighted by molar-refractivity contribution is 8.02. The monoisotopic (exact) mass is 1640 g/mol. The second-order valence-corrected chi connectivity index (χ2v) is 24.5. The van der Waals surface area contributed by atoms with Gasteiger partial charge < -0.3 is 132 Å². The Morgan fingerprint density at radius 2 is 1.26 bits per heavy atom. The minimum Gasteiger partial charge on any atom is -0.756 e. The molecule has 0 saturated carbocycles. The molecule has 0 spiro atoms. The topological polar surface area (TPSA) is 782 Å². The molecule has 4 aromatic rings. The number of aliphatic hydroxyl groups is 12. The molecule has 0 amide bonds. The SMILES string of the molecule is C#CC(O)(CO)CO.C#C[C@](C)(O)C=O.C#C[C@](O)(C=O)CO.C#C[C@]1(C)OC(O)C[C@@H]1O.C#C[C@]1(CO)O[C@@H](n2cnc3c(N)nc(F)nc32)C[C@@H]1O.C#C[C@]1(CO)O[C@H](OP(=O)([O-])O)C[C@@H]1O.CC=O.CPP.N=PP.Nc1nc(F)nc2nc[nH]c12.O=[P+]([O-])O[O-].O=[P+]([O-])O[O-].O=[P+]([O-])O[OH2+]. The van der Waals surface area contributed by atoms with Gasteiger partial charge in [-0.25, -0.2) is 24.6 Å². The van der Waals surface area contributed by atoms with E-state index in [1.54, 1.807) is 12.8 Å². The van der Waals surface area contributed by atoms with Crippen LogP contribution in [0.25, 0.3) is 22.3 Å². The summed E-state index contributed by atoms with van der Waals surface area (Å²) < 4.78 is 91.5. The van der Waals surface area contributed by atoms with E-state index in [4.69, 9.17) is 151 Å². The number of aromatic nitrogens is 8. The fourth-order valence-electron chi connectivity index (χ4n) is 5.70. The van der Waals surface area contributed by atoms with E-state index in [-0.39, 0.29) is 54.0 Å². The first kappa shape index (κ1) is 109. The van der Waals surface area contributed by atoms with Gasteiger partial charge in [0.2, 0.25) is 5.60 Å². The van der Waals surface area contributed by atoms with E-state index in [0.29, 0.717) is 19.9 Å². The number of H-pyrrole nitrogens is 1. The number of phosphoric ester groups is 1. The van der Waals surface area contributed by atoms with Crippen molar-refractivity contribution in [2.75, 3.05) is 51.2 Å². The Hall–Kier alpha value is -6.23. The molecule has 8 unspecified atom stereocenters. The van der Waals surface area contributed by atoms with E-state index < -0.39 is 149 Å². The van der Waals surface area contributed by atoms with Gasteiger partial charge in [-0.1, -0.05) is 44.5 Å². The summed E-state index contributed by atoms with van der Waals surface area (Å²) in [5.41, 5.74) is 2.51. The molecule has 3 aliphatic heterocycles. The molecule has 104 heavy (non-hydrogen) atoms. The van der Waals surface area contributed by atoms with Crippen LogP contribution in [0.5, 0.6) is 0 Å². The molecule has 3 aliphatic rings. The van der Waals surface area contributed by atoms with Crippen molar-refractivity contribution in [3.8, 4) is 74.1 Å². The van der Waals surface area contributed by atoms with Crippen molar-refractivity contribution in [2.45, 2.75) is 111 Å². The number of aliphatic hydroxyl groups excluding tert-OH is 9. The number of aldehydes is 3. The van der Waals surface area contributed by atoms with Gasteiger partial charge in [-0.2, -0.15) is 28.7 Å². The van der Waals surface area contributed by atoms with Crippen LogP contribution in [0.2, 0.25) is 0 Å². The Labute approximate surface area is 598 Å². The number of carbonyl (C=O) groups is 3. The maximum atomic E-state index is 13.3. The van der Waals surface area contributed by atoms with Crippen molar-refractivity contribution in [1.82, 2.24) is 39.5 Å². The van der Waals surface area contributed by atoms with Gasteiger partial charge in [0.1, 0.15) is 34.9 Å². The second-order valence-electron chi connectivity index (χ2n) is 18.1. The van der Waals surface area contributed by atoms with Gasteiger partial charge in [0.25, 0.3) is 7.82 Å². The Balaban J connectivity index is -0.000000262. The number of rotatable bonds is 13. The number of aromatic amines is 1. The number of ether oxygens (including phenoxy) is 3. The molecular weight excluding hydrogens is 1570 g/mol. The van der Waals surface area contributed by atoms with E-state index in [1.807, 2.05) is 17.8 Å². The molecule has 0 aliphatic carbocycles. The first-order valence-electron chi connectivity index (χ1n) is 26.2. The summed E-state index contributed by atoms with van der Waals surface area (Å²) in [4.78, 5) is 97.8. The van der Waals surface area contributed by atoms with Gasteiger partial charge in [-0.15, -0.1) is 55.7 Å². The Bertz CT molecular complexity index is 3530. The van der Waals surface area contributed by atoms with E-state index >= 15 is 0 Å². The molecule has 7 rings (SSSR count). The summed E-state index contributed by atoms with van der Waals surface area (Å²) in [5.74, 6) is 12.0.